The van der Waals surface area contributed by atoms with Crippen molar-refractivity contribution >= 4 is 15.8 Å². The molecule has 0 N–H and O–H groups in total. The highest BCUT2D eigenvalue weighted by molar-refractivity contribution is 7.88. The molecule has 0 saturated carbocycles. The van der Waals surface area contributed by atoms with Gasteiger partial charge in [-0.15, -0.1) is 0 Å². The van der Waals surface area contributed by atoms with Crippen LogP contribution in [0.2, 0.25) is 0 Å². The summed E-state index contributed by atoms with van der Waals surface area (Å²) in [4.78, 5) is 10.3. The van der Waals surface area contributed by atoms with Crippen molar-refractivity contribution in [3.05, 3.63) is 54.0 Å². The quantitative estimate of drug-likeness (QED) is 0.818. The average molecular weight is 360 g/mol. The summed E-state index contributed by atoms with van der Waals surface area (Å²) in [5, 5.41) is 0. The maximum Gasteiger partial charge on any atom is 0.218 e. The van der Waals surface area contributed by atoms with E-state index < -0.39 is 10.0 Å². The number of aryl methyl sites for hydroxylation is 1. The molecule has 7 heteroatoms. The fourth-order valence-corrected chi connectivity index (χ4v) is 4.74. The summed E-state index contributed by atoms with van der Waals surface area (Å²) >= 11 is 0. The predicted molar refractivity (Wildman–Crippen MR) is 98.8 cm³/mol. The minimum absolute atomic E-state index is 0.0691. The lowest BCUT2D eigenvalue weighted by atomic mass is 10.1. The number of nitrogens with zero attached hydrogens (tertiary/aromatic N) is 4. The van der Waals surface area contributed by atoms with Gasteiger partial charge in [-0.2, -0.15) is 0 Å². The molecule has 0 radical (unpaired) electrons. The minimum Gasteiger partial charge on any atom is -0.356 e. The maximum atomic E-state index is 12.7. The van der Waals surface area contributed by atoms with Crippen LogP contribution in [0.25, 0.3) is 0 Å². The van der Waals surface area contributed by atoms with Crippen LogP contribution in [0.4, 0.5) is 5.82 Å². The summed E-state index contributed by atoms with van der Waals surface area (Å²) in [5.74, 6) is 0.940. The highest BCUT2D eigenvalue weighted by atomic mass is 32.2. The Morgan fingerprint density at radius 3 is 2.44 bits per heavy atom. The van der Waals surface area contributed by atoms with Gasteiger partial charge in [-0.25, -0.2) is 22.7 Å². The number of hydrogen-bond donors (Lipinski definition) is 0. The highest BCUT2D eigenvalue weighted by Crippen LogP contribution is 2.23. The summed E-state index contributed by atoms with van der Waals surface area (Å²) in [6.45, 7) is 3.10. The molecular formula is C18H24N4O2S. The molecule has 2 heterocycles. The zero-order valence-electron chi connectivity index (χ0n) is 14.7. The zero-order valence-corrected chi connectivity index (χ0v) is 15.5. The molecule has 1 aromatic carbocycles. The first kappa shape index (κ1) is 17.8. The topological polar surface area (TPSA) is 66.4 Å². The lowest BCUT2D eigenvalue weighted by Crippen LogP contribution is -2.46. The van der Waals surface area contributed by atoms with Crippen LogP contribution >= 0.6 is 0 Å². The minimum atomic E-state index is -3.27. The summed E-state index contributed by atoms with van der Waals surface area (Å²) < 4.78 is 27.0. The predicted octanol–water partition coefficient (Wildman–Crippen LogP) is 2.22. The SMILES string of the molecule is Cc1ccc(CS(=O)(=O)N2CCC(N(C)c3ccncn3)CC2)cc1. The van der Waals surface area contributed by atoms with Gasteiger partial charge in [-0.05, 0) is 31.4 Å². The lowest BCUT2D eigenvalue weighted by Gasteiger charge is -2.36. The van der Waals surface area contributed by atoms with Crippen molar-refractivity contribution in [2.45, 2.75) is 31.6 Å². The number of aromatic nitrogens is 2. The second kappa shape index (κ2) is 7.49. The van der Waals surface area contributed by atoms with Crippen molar-refractivity contribution in [3.63, 3.8) is 0 Å². The van der Waals surface area contributed by atoms with Crippen molar-refractivity contribution in [2.75, 3.05) is 25.0 Å². The molecule has 3 rings (SSSR count). The summed E-state index contributed by atoms with van der Waals surface area (Å²) in [6.07, 6.45) is 4.86. The molecule has 0 aliphatic carbocycles. The number of rotatable bonds is 5. The maximum absolute atomic E-state index is 12.7. The first-order chi connectivity index (χ1) is 12.0. The van der Waals surface area contributed by atoms with Crippen LogP contribution in [0.1, 0.15) is 24.0 Å². The van der Waals surface area contributed by atoms with Gasteiger partial charge in [-0.3, -0.25) is 0 Å². The molecule has 0 amide bonds. The van der Waals surface area contributed by atoms with Crippen molar-refractivity contribution in [1.29, 1.82) is 0 Å². The molecule has 0 unspecified atom stereocenters. The number of hydrogen-bond acceptors (Lipinski definition) is 5. The molecule has 1 aromatic heterocycles. The molecule has 134 valence electrons. The van der Waals surface area contributed by atoms with E-state index in [2.05, 4.69) is 14.9 Å². The van der Waals surface area contributed by atoms with Gasteiger partial charge in [0.1, 0.15) is 12.1 Å². The van der Waals surface area contributed by atoms with Crippen LogP contribution in [-0.4, -0.2) is 48.9 Å². The number of anilines is 1. The van der Waals surface area contributed by atoms with Gasteiger partial charge in [0.05, 0.1) is 5.75 Å². The van der Waals surface area contributed by atoms with Crippen LogP contribution in [0.3, 0.4) is 0 Å². The van der Waals surface area contributed by atoms with Gasteiger partial charge in [0.15, 0.2) is 0 Å². The van der Waals surface area contributed by atoms with Gasteiger partial charge < -0.3 is 4.90 Å². The Labute approximate surface area is 149 Å². The molecule has 0 spiro atoms. The second-order valence-corrected chi connectivity index (χ2v) is 8.52. The van der Waals surface area contributed by atoms with E-state index in [1.165, 1.54) is 6.33 Å². The van der Waals surface area contributed by atoms with E-state index in [9.17, 15) is 8.42 Å². The molecular weight excluding hydrogens is 336 g/mol. The molecule has 6 nitrogen and oxygen atoms in total. The number of benzene rings is 1. The Balaban J connectivity index is 1.60. The smallest absolute Gasteiger partial charge is 0.218 e. The van der Waals surface area contributed by atoms with Crippen molar-refractivity contribution in [1.82, 2.24) is 14.3 Å². The summed E-state index contributed by atoms with van der Waals surface area (Å²) in [7, 11) is -1.27. The van der Waals surface area contributed by atoms with E-state index in [0.717, 1.165) is 29.8 Å². The monoisotopic (exact) mass is 360 g/mol. The van der Waals surface area contributed by atoms with E-state index in [-0.39, 0.29) is 5.75 Å². The van der Waals surface area contributed by atoms with Gasteiger partial charge in [0, 0.05) is 32.4 Å². The Morgan fingerprint density at radius 1 is 1.16 bits per heavy atom. The largest absolute Gasteiger partial charge is 0.356 e. The van der Waals surface area contributed by atoms with Gasteiger partial charge in [0.25, 0.3) is 0 Å². The van der Waals surface area contributed by atoms with Crippen molar-refractivity contribution < 1.29 is 8.42 Å². The normalized spacial score (nSPS) is 16.7. The molecule has 0 bridgehead atoms. The molecule has 2 aromatic rings. The van der Waals surface area contributed by atoms with E-state index in [4.69, 9.17) is 0 Å². The Kier molecular flexibility index (Phi) is 5.34. The van der Waals surface area contributed by atoms with Crippen LogP contribution < -0.4 is 4.90 Å². The first-order valence-corrected chi connectivity index (χ1v) is 10.1. The Morgan fingerprint density at radius 2 is 1.84 bits per heavy atom. The Hall–Kier alpha value is -1.99. The standard InChI is InChI=1S/C18H24N4O2S/c1-15-3-5-16(6-4-15)13-25(23,24)22-11-8-17(9-12-22)21(2)18-7-10-19-14-20-18/h3-7,10,14,17H,8-9,11-13H2,1-2H3. The second-order valence-electron chi connectivity index (χ2n) is 6.55. The van der Waals surface area contributed by atoms with E-state index in [0.29, 0.717) is 19.1 Å². The lowest BCUT2D eigenvalue weighted by molar-refractivity contribution is 0.314. The summed E-state index contributed by atoms with van der Waals surface area (Å²) in [5.41, 5.74) is 1.97. The van der Waals surface area contributed by atoms with Crippen LogP contribution in [0.15, 0.2) is 42.9 Å². The first-order valence-electron chi connectivity index (χ1n) is 8.48. The van der Waals surface area contributed by atoms with Crippen LogP contribution in [0, 0.1) is 6.92 Å². The summed E-state index contributed by atoms with van der Waals surface area (Å²) in [6, 6.07) is 9.85. The van der Waals surface area contributed by atoms with Crippen molar-refractivity contribution in [2.24, 2.45) is 0 Å². The molecule has 1 aliphatic heterocycles. The molecule has 1 fully saturated rings. The third kappa shape index (κ3) is 4.35. The van der Waals surface area contributed by atoms with E-state index in [1.54, 1.807) is 10.5 Å². The number of piperidine rings is 1. The molecule has 25 heavy (non-hydrogen) atoms. The van der Waals surface area contributed by atoms with Gasteiger partial charge in [0.2, 0.25) is 10.0 Å². The number of sulfonamides is 1. The molecule has 1 saturated heterocycles. The average Bonchev–Trinajstić information content (AvgIpc) is 2.64. The zero-order chi connectivity index (χ0) is 17.9. The highest BCUT2D eigenvalue weighted by Gasteiger charge is 2.30. The Bertz CT molecular complexity index is 786. The van der Waals surface area contributed by atoms with E-state index >= 15 is 0 Å². The molecule has 1 aliphatic rings. The van der Waals surface area contributed by atoms with Crippen LogP contribution in [-0.2, 0) is 15.8 Å². The van der Waals surface area contributed by atoms with Crippen molar-refractivity contribution in [3.8, 4) is 0 Å². The third-order valence-electron chi connectivity index (χ3n) is 4.76. The van der Waals surface area contributed by atoms with Gasteiger partial charge in [-0.1, -0.05) is 29.8 Å². The fourth-order valence-electron chi connectivity index (χ4n) is 3.17. The van der Waals surface area contributed by atoms with E-state index in [1.807, 2.05) is 44.3 Å². The van der Waals surface area contributed by atoms with Gasteiger partial charge >= 0.3 is 0 Å². The fraction of sp³-hybridized carbons (Fsp3) is 0.444. The molecule has 0 atom stereocenters. The van der Waals surface area contributed by atoms with Crippen LogP contribution in [0.5, 0.6) is 0 Å². The third-order valence-corrected chi connectivity index (χ3v) is 6.61.